The molecule has 1 aliphatic rings. The van der Waals surface area contributed by atoms with Gasteiger partial charge in [-0.05, 0) is 13.8 Å². The van der Waals surface area contributed by atoms with Gasteiger partial charge < -0.3 is 10.2 Å². The van der Waals surface area contributed by atoms with Gasteiger partial charge in [0.1, 0.15) is 17.1 Å². The normalized spacial score (nSPS) is 19.1. The number of nitrogens with one attached hydrogen (secondary N) is 1. The van der Waals surface area contributed by atoms with E-state index in [1.54, 1.807) is 18.7 Å². The molecule has 0 spiro atoms. The molecule has 2 heterocycles. The third kappa shape index (κ3) is 3.00. The van der Waals surface area contributed by atoms with Gasteiger partial charge in [-0.15, -0.1) is 11.3 Å². The fourth-order valence-electron chi connectivity index (χ4n) is 2.10. The van der Waals surface area contributed by atoms with Crippen molar-refractivity contribution in [3.63, 3.8) is 0 Å². The first-order valence-corrected chi connectivity index (χ1v) is 7.53. The summed E-state index contributed by atoms with van der Waals surface area (Å²) in [6.45, 7) is 10.3. The lowest BCUT2D eigenvalue weighted by Gasteiger charge is -2.37. The second-order valence-corrected chi connectivity index (χ2v) is 7.65. The zero-order chi connectivity index (χ0) is 15.1. The van der Waals surface area contributed by atoms with Crippen LogP contribution in [-0.4, -0.2) is 33.8 Å². The molecule has 1 N–H and O–H groups in total. The quantitative estimate of drug-likeness (QED) is 0.903. The number of piperazine rings is 1. The second-order valence-electron chi connectivity index (χ2n) is 6.71. The van der Waals surface area contributed by atoms with E-state index in [1.807, 2.05) is 5.38 Å². The summed E-state index contributed by atoms with van der Waals surface area (Å²) in [5.74, 6) is -0.188. The second kappa shape index (κ2) is 4.84. The van der Waals surface area contributed by atoms with Crippen LogP contribution in [0.3, 0.4) is 0 Å². The number of carbonyl (C=O) groups excluding carboxylic acids is 2. The van der Waals surface area contributed by atoms with Crippen molar-refractivity contribution in [1.82, 2.24) is 15.2 Å². The highest BCUT2D eigenvalue weighted by atomic mass is 32.1. The van der Waals surface area contributed by atoms with Gasteiger partial charge in [0.25, 0.3) is 0 Å². The summed E-state index contributed by atoms with van der Waals surface area (Å²) in [5.41, 5.74) is 0.183. The average molecular weight is 295 g/mol. The summed E-state index contributed by atoms with van der Waals surface area (Å²) in [6.07, 6.45) is 0. The summed E-state index contributed by atoms with van der Waals surface area (Å²) in [7, 11) is 0. The average Bonchev–Trinajstić information content (AvgIpc) is 2.72. The van der Waals surface area contributed by atoms with Crippen molar-refractivity contribution in [3.05, 3.63) is 16.1 Å². The van der Waals surface area contributed by atoms with E-state index in [2.05, 4.69) is 31.1 Å². The summed E-state index contributed by atoms with van der Waals surface area (Å²) in [5, 5.41) is 5.60. The highest BCUT2D eigenvalue weighted by Crippen LogP contribution is 2.25. The molecule has 1 fully saturated rings. The molecule has 0 aliphatic carbocycles. The smallest absolute Gasteiger partial charge is 0.248 e. The molecule has 0 bridgehead atoms. The van der Waals surface area contributed by atoms with Crippen LogP contribution in [0, 0.1) is 0 Å². The van der Waals surface area contributed by atoms with Crippen LogP contribution in [0.25, 0.3) is 0 Å². The third-order valence-corrected chi connectivity index (χ3v) is 4.09. The van der Waals surface area contributed by atoms with Crippen LogP contribution in [-0.2, 0) is 21.5 Å². The molecular formula is C14H21N3O2S. The van der Waals surface area contributed by atoms with Gasteiger partial charge >= 0.3 is 0 Å². The van der Waals surface area contributed by atoms with Gasteiger partial charge in [0.15, 0.2) is 0 Å². The molecule has 110 valence electrons. The molecule has 0 unspecified atom stereocenters. The minimum Gasteiger partial charge on any atom is -0.341 e. The van der Waals surface area contributed by atoms with Gasteiger partial charge in [0.05, 0.1) is 12.2 Å². The zero-order valence-corrected chi connectivity index (χ0v) is 13.4. The Bertz CT molecular complexity index is 543. The number of aromatic nitrogens is 1. The Labute approximate surface area is 123 Å². The molecule has 1 aromatic heterocycles. The molecule has 0 aromatic carbocycles. The maximum absolute atomic E-state index is 12.3. The Hall–Kier alpha value is -1.43. The number of rotatable bonds is 2. The van der Waals surface area contributed by atoms with Crippen molar-refractivity contribution in [2.24, 2.45) is 0 Å². The minimum absolute atomic E-state index is 0.00268. The molecule has 0 saturated carbocycles. The SMILES string of the molecule is CC1(C)NC(=O)CN(Cc2nc(C(C)(C)C)cs2)C1=O. The van der Waals surface area contributed by atoms with E-state index >= 15 is 0 Å². The highest BCUT2D eigenvalue weighted by molar-refractivity contribution is 7.09. The first kappa shape index (κ1) is 15.0. The van der Waals surface area contributed by atoms with Gasteiger partial charge in [-0.3, -0.25) is 9.59 Å². The standard InChI is InChI=1S/C14H21N3O2S/c1-13(2,3)9-8-20-11(15-9)7-17-6-10(18)16-14(4,5)12(17)19/h8H,6-7H2,1-5H3,(H,16,18). The molecule has 1 aromatic rings. The first-order valence-electron chi connectivity index (χ1n) is 6.65. The van der Waals surface area contributed by atoms with Crippen molar-refractivity contribution in [2.45, 2.75) is 52.1 Å². The Balaban J connectivity index is 2.15. The maximum atomic E-state index is 12.3. The molecule has 1 aliphatic heterocycles. The lowest BCUT2D eigenvalue weighted by Crippen LogP contribution is -2.63. The molecule has 5 nitrogen and oxygen atoms in total. The van der Waals surface area contributed by atoms with E-state index < -0.39 is 5.54 Å². The van der Waals surface area contributed by atoms with E-state index in [-0.39, 0.29) is 23.8 Å². The van der Waals surface area contributed by atoms with Crippen LogP contribution >= 0.6 is 11.3 Å². The Morgan fingerprint density at radius 1 is 1.40 bits per heavy atom. The molecular weight excluding hydrogens is 274 g/mol. The molecule has 0 radical (unpaired) electrons. The van der Waals surface area contributed by atoms with Gasteiger partial charge in [0.2, 0.25) is 11.8 Å². The minimum atomic E-state index is -0.834. The predicted octanol–water partition coefficient (Wildman–Crippen LogP) is 1.68. The van der Waals surface area contributed by atoms with Gasteiger partial charge in [-0.2, -0.15) is 0 Å². The van der Waals surface area contributed by atoms with Gasteiger partial charge in [-0.1, -0.05) is 20.8 Å². The fourth-order valence-corrected chi connectivity index (χ4v) is 3.14. The maximum Gasteiger partial charge on any atom is 0.248 e. The van der Waals surface area contributed by atoms with E-state index in [4.69, 9.17) is 0 Å². The van der Waals surface area contributed by atoms with E-state index in [9.17, 15) is 9.59 Å². The monoisotopic (exact) mass is 295 g/mol. The topological polar surface area (TPSA) is 62.3 Å². The predicted molar refractivity (Wildman–Crippen MR) is 78.5 cm³/mol. The summed E-state index contributed by atoms with van der Waals surface area (Å²) in [6, 6.07) is 0. The number of hydrogen-bond donors (Lipinski definition) is 1. The van der Waals surface area contributed by atoms with Crippen LogP contribution in [0.1, 0.15) is 45.3 Å². The van der Waals surface area contributed by atoms with Crippen LogP contribution < -0.4 is 5.32 Å². The van der Waals surface area contributed by atoms with E-state index in [0.717, 1.165) is 10.7 Å². The summed E-state index contributed by atoms with van der Waals surface area (Å²) < 4.78 is 0. The Morgan fingerprint density at radius 2 is 2.05 bits per heavy atom. The number of thiazole rings is 1. The zero-order valence-electron chi connectivity index (χ0n) is 12.6. The van der Waals surface area contributed by atoms with E-state index in [0.29, 0.717) is 6.54 Å². The summed E-state index contributed by atoms with van der Waals surface area (Å²) in [4.78, 5) is 30.1. The van der Waals surface area contributed by atoms with Crippen molar-refractivity contribution in [2.75, 3.05) is 6.54 Å². The molecule has 6 heteroatoms. The molecule has 2 amide bonds. The lowest BCUT2D eigenvalue weighted by molar-refractivity contribution is -0.148. The number of amides is 2. The molecule has 2 rings (SSSR count). The highest BCUT2D eigenvalue weighted by Gasteiger charge is 2.39. The van der Waals surface area contributed by atoms with Gasteiger partial charge in [0, 0.05) is 10.8 Å². The van der Waals surface area contributed by atoms with Crippen LogP contribution in [0.15, 0.2) is 5.38 Å². The summed E-state index contributed by atoms with van der Waals surface area (Å²) >= 11 is 1.54. The number of nitrogens with zero attached hydrogens (tertiary/aromatic N) is 2. The number of hydrogen-bond acceptors (Lipinski definition) is 4. The largest absolute Gasteiger partial charge is 0.341 e. The van der Waals surface area contributed by atoms with Crippen molar-refractivity contribution in [3.8, 4) is 0 Å². The van der Waals surface area contributed by atoms with Crippen LogP contribution in [0.2, 0.25) is 0 Å². The van der Waals surface area contributed by atoms with E-state index in [1.165, 1.54) is 11.3 Å². The fraction of sp³-hybridized carbons (Fsp3) is 0.643. The lowest BCUT2D eigenvalue weighted by atomic mass is 9.93. The van der Waals surface area contributed by atoms with Crippen molar-refractivity contribution < 1.29 is 9.59 Å². The third-order valence-electron chi connectivity index (χ3n) is 3.25. The Morgan fingerprint density at radius 3 is 2.60 bits per heavy atom. The Kier molecular flexibility index (Phi) is 3.62. The van der Waals surface area contributed by atoms with Crippen LogP contribution in [0.5, 0.6) is 0 Å². The van der Waals surface area contributed by atoms with Gasteiger partial charge in [-0.25, -0.2) is 4.98 Å². The molecule has 0 atom stereocenters. The molecule has 20 heavy (non-hydrogen) atoms. The number of carbonyl (C=O) groups is 2. The van der Waals surface area contributed by atoms with Crippen molar-refractivity contribution >= 4 is 23.2 Å². The van der Waals surface area contributed by atoms with Crippen molar-refractivity contribution in [1.29, 1.82) is 0 Å². The van der Waals surface area contributed by atoms with Crippen LogP contribution in [0.4, 0.5) is 0 Å². The molecule has 1 saturated heterocycles. The first-order chi connectivity index (χ1) is 9.09.